The molecule has 1 heterocycles. The molecule has 0 N–H and O–H groups in total. The Morgan fingerprint density at radius 3 is 2.73 bits per heavy atom. The Bertz CT molecular complexity index is 311. The van der Waals surface area contributed by atoms with Crippen LogP contribution < -0.4 is 4.90 Å². The summed E-state index contributed by atoms with van der Waals surface area (Å²) in [5.41, 5.74) is 1.16. The fourth-order valence-corrected chi connectivity index (χ4v) is 2.37. The van der Waals surface area contributed by atoms with E-state index in [-0.39, 0.29) is 0 Å². The Hall–Kier alpha value is -0.280. The summed E-state index contributed by atoms with van der Waals surface area (Å²) < 4.78 is 1.04. The molecule has 0 aliphatic rings. The fraction of sp³-hybridized carbons (Fsp3) is 0.545. The van der Waals surface area contributed by atoms with Gasteiger partial charge in [-0.15, -0.1) is 11.6 Å². The highest BCUT2D eigenvalue weighted by Crippen LogP contribution is 2.24. The molecule has 0 fully saturated rings. The summed E-state index contributed by atoms with van der Waals surface area (Å²) in [6.07, 6.45) is 2.98. The lowest BCUT2D eigenvalue weighted by Crippen LogP contribution is -2.27. The van der Waals surface area contributed by atoms with Gasteiger partial charge >= 0.3 is 0 Å². The third kappa shape index (κ3) is 3.65. The normalized spacial score (nSPS) is 10.4. The number of nitrogens with zero attached hydrogens (tertiary/aromatic N) is 2. The molecule has 0 aromatic carbocycles. The predicted octanol–water partition coefficient (Wildman–Crippen LogP) is 3.61. The van der Waals surface area contributed by atoms with Crippen molar-refractivity contribution in [2.45, 2.75) is 20.3 Å². The summed E-state index contributed by atoms with van der Waals surface area (Å²) in [4.78, 5) is 6.64. The molecule has 15 heavy (non-hydrogen) atoms. The smallest absolute Gasteiger partial charge is 0.142 e. The second-order valence-corrected chi connectivity index (χ2v) is 4.73. The van der Waals surface area contributed by atoms with Crippen molar-refractivity contribution in [3.63, 3.8) is 0 Å². The van der Waals surface area contributed by atoms with Crippen LogP contribution in [-0.2, 0) is 0 Å². The van der Waals surface area contributed by atoms with E-state index >= 15 is 0 Å². The van der Waals surface area contributed by atoms with Crippen molar-refractivity contribution in [1.29, 1.82) is 0 Å². The Balaban J connectivity index is 2.89. The molecule has 0 bridgehead atoms. The van der Waals surface area contributed by atoms with Gasteiger partial charge in [-0.25, -0.2) is 4.98 Å². The molecule has 84 valence electrons. The molecule has 0 saturated carbocycles. The number of pyridine rings is 1. The first-order chi connectivity index (χ1) is 7.19. The first-order valence-electron chi connectivity index (χ1n) is 5.12. The van der Waals surface area contributed by atoms with E-state index in [1.54, 1.807) is 0 Å². The zero-order chi connectivity index (χ0) is 11.3. The summed E-state index contributed by atoms with van der Waals surface area (Å²) in [6, 6.07) is 2.08. The van der Waals surface area contributed by atoms with E-state index < -0.39 is 0 Å². The van der Waals surface area contributed by atoms with Crippen molar-refractivity contribution in [1.82, 2.24) is 4.98 Å². The minimum Gasteiger partial charge on any atom is -0.355 e. The number of halogens is 2. The molecule has 0 aliphatic carbocycles. The van der Waals surface area contributed by atoms with Crippen molar-refractivity contribution >= 4 is 33.3 Å². The SMILES string of the molecule is CCCN(CCCl)c1ncc(C)cc1Br. The molecule has 0 amide bonds. The summed E-state index contributed by atoms with van der Waals surface area (Å²) >= 11 is 9.32. The summed E-state index contributed by atoms with van der Waals surface area (Å²) in [5, 5.41) is 0. The summed E-state index contributed by atoms with van der Waals surface area (Å²) in [6.45, 7) is 6.02. The van der Waals surface area contributed by atoms with Crippen molar-refractivity contribution in [3.05, 3.63) is 22.3 Å². The molecule has 0 saturated heterocycles. The van der Waals surface area contributed by atoms with Gasteiger partial charge in [0.2, 0.25) is 0 Å². The summed E-state index contributed by atoms with van der Waals surface area (Å²) in [7, 11) is 0. The first-order valence-corrected chi connectivity index (χ1v) is 6.44. The second-order valence-electron chi connectivity index (χ2n) is 3.49. The lowest BCUT2D eigenvalue weighted by atomic mass is 10.3. The van der Waals surface area contributed by atoms with Crippen molar-refractivity contribution in [2.24, 2.45) is 0 Å². The molecular formula is C11H16BrClN2. The van der Waals surface area contributed by atoms with E-state index in [0.29, 0.717) is 5.88 Å². The standard InChI is InChI=1S/C11H16BrClN2/c1-3-5-15(6-4-13)11-10(12)7-9(2)8-14-11/h7-8H,3-6H2,1-2H3. The van der Waals surface area contributed by atoms with Gasteiger partial charge in [-0.2, -0.15) is 0 Å². The van der Waals surface area contributed by atoms with Crippen LogP contribution in [0.15, 0.2) is 16.7 Å². The van der Waals surface area contributed by atoms with Crippen LogP contribution in [0.2, 0.25) is 0 Å². The minimum atomic E-state index is 0.627. The van der Waals surface area contributed by atoms with Gasteiger partial charge in [0.15, 0.2) is 0 Å². The van der Waals surface area contributed by atoms with E-state index in [1.165, 1.54) is 0 Å². The molecule has 0 aliphatic heterocycles. The Morgan fingerprint density at radius 2 is 2.20 bits per heavy atom. The van der Waals surface area contributed by atoms with E-state index in [4.69, 9.17) is 11.6 Å². The van der Waals surface area contributed by atoms with Crippen LogP contribution in [0, 0.1) is 6.92 Å². The number of rotatable bonds is 5. The van der Waals surface area contributed by atoms with Crippen LogP contribution in [0.4, 0.5) is 5.82 Å². The zero-order valence-electron chi connectivity index (χ0n) is 9.13. The van der Waals surface area contributed by atoms with Gasteiger partial charge in [0.25, 0.3) is 0 Å². The zero-order valence-corrected chi connectivity index (χ0v) is 11.5. The van der Waals surface area contributed by atoms with Gasteiger partial charge in [-0.1, -0.05) is 6.92 Å². The van der Waals surface area contributed by atoms with Crippen molar-refractivity contribution in [3.8, 4) is 0 Å². The van der Waals surface area contributed by atoms with Crippen LogP contribution in [-0.4, -0.2) is 24.0 Å². The first kappa shape index (κ1) is 12.8. The Labute approximate surface area is 105 Å². The van der Waals surface area contributed by atoms with E-state index in [0.717, 1.165) is 35.4 Å². The third-order valence-electron chi connectivity index (χ3n) is 2.11. The molecular weight excluding hydrogens is 275 g/mol. The lowest BCUT2D eigenvalue weighted by molar-refractivity contribution is 0.778. The van der Waals surface area contributed by atoms with Gasteiger partial charge in [-0.3, -0.25) is 0 Å². The topological polar surface area (TPSA) is 16.1 Å². The van der Waals surface area contributed by atoms with Crippen LogP contribution in [0.3, 0.4) is 0 Å². The molecule has 1 aromatic rings. The quantitative estimate of drug-likeness (QED) is 0.771. The molecule has 0 radical (unpaired) electrons. The number of alkyl halides is 1. The van der Waals surface area contributed by atoms with E-state index in [9.17, 15) is 0 Å². The molecule has 0 spiro atoms. The highest BCUT2D eigenvalue weighted by atomic mass is 79.9. The van der Waals surface area contributed by atoms with Gasteiger partial charge in [-0.05, 0) is 40.9 Å². The maximum atomic E-state index is 5.78. The number of aromatic nitrogens is 1. The average molecular weight is 292 g/mol. The van der Waals surface area contributed by atoms with E-state index in [2.05, 4.69) is 38.8 Å². The molecule has 1 rings (SSSR count). The summed E-state index contributed by atoms with van der Waals surface area (Å²) in [5.74, 6) is 1.62. The maximum absolute atomic E-state index is 5.78. The molecule has 1 aromatic heterocycles. The number of hydrogen-bond acceptors (Lipinski definition) is 2. The highest BCUT2D eigenvalue weighted by Gasteiger charge is 2.10. The number of hydrogen-bond donors (Lipinski definition) is 0. The molecule has 2 nitrogen and oxygen atoms in total. The van der Waals surface area contributed by atoms with Gasteiger partial charge in [0, 0.05) is 25.2 Å². The lowest BCUT2D eigenvalue weighted by Gasteiger charge is -2.23. The monoisotopic (exact) mass is 290 g/mol. The molecule has 4 heteroatoms. The fourth-order valence-electron chi connectivity index (χ4n) is 1.45. The van der Waals surface area contributed by atoms with Crippen molar-refractivity contribution in [2.75, 3.05) is 23.9 Å². The highest BCUT2D eigenvalue weighted by molar-refractivity contribution is 9.10. The predicted molar refractivity (Wildman–Crippen MR) is 69.9 cm³/mol. The largest absolute Gasteiger partial charge is 0.355 e. The maximum Gasteiger partial charge on any atom is 0.142 e. The molecule has 0 atom stereocenters. The Morgan fingerprint density at radius 1 is 1.47 bits per heavy atom. The number of anilines is 1. The average Bonchev–Trinajstić information content (AvgIpc) is 2.17. The van der Waals surface area contributed by atoms with Crippen LogP contribution >= 0.6 is 27.5 Å². The van der Waals surface area contributed by atoms with Crippen LogP contribution in [0.5, 0.6) is 0 Å². The van der Waals surface area contributed by atoms with Crippen LogP contribution in [0.25, 0.3) is 0 Å². The Kier molecular flexibility index (Phi) is 5.40. The van der Waals surface area contributed by atoms with Gasteiger partial charge < -0.3 is 4.90 Å². The second kappa shape index (κ2) is 6.33. The van der Waals surface area contributed by atoms with Crippen molar-refractivity contribution < 1.29 is 0 Å². The third-order valence-corrected chi connectivity index (χ3v) is 2.86. The minimum absolute atomic E-state index is 0.627. The van der Waals surface area contributed by atoms with Gasteiger partial charge in [0.1, 0.15) is 5.82 Å². The van der Waals surface area contributed by atoms with E-state index in [1.807, 2.05) is 13.1 Å². The molecule has 0 unspecified atom stereocenters. The number of aryl methyl sites for hydroxylation is 1. The van der Waals surface area contributed by atoms with Gasteiger partial charge in [0.05, 0.1) is 4.47 Å². The van der Waals surface area contributed by atoms with Crippen LogP contribution in [0.1, 0.15) is 18.9 Å².